The van der Waals surface area contributed by atoms with Crippen molar-refractivity contribution in [2.75, 3.05) is 13.2 Å². The summed E-state index contributed by atoms with van der Waals surface area (Å²) in [5.41, 5.74) is -1.21. The average Bonchev–Trinajstić information content (AvgIpc) is 2.21. The lowest BCUT2D eigenvalue weighted by atomic mass is 9.95. The van der Waals surface area contributed by atoms with Gasteiger partial charge in [0.05, 0.1) is 5.41 Å². The van der Waals surface area contributed by atoms with Crippen LogP contribution in [0.3, 0.4) is 0 Å². The Morgan fingerprint density at radius 1 is 1.29 bits per heavy atom. The zero-order chi connectivity index (χ0) is 13.7. The third kappa shape index (κ3) is 6.93. The lowest BCUT2D eigenvalue weighted by Crippen LogP contribution is -2.34. The SMILES string of the molecule is C=CC(=O)OCC(C)(C)C(=O)OCC(F)(F)S. The minimum Gasteiger partial charge on any atom is -0.461 e. The molecule has 0 aromatic carbocycles. The predicted molar refractivity (Wildman–Crippen MR) is 59.8 cm³/mol. The van der Waals surface area contributed by atoms with Crippen molar-refractivity contribution in [3.63, 3.8) is 0 Å². The number of halogens is 2. The van der Waals surface area contributed by atoms with E-state index in [0.29, 0.717) is 0 Å². The molecule has 0 spiro atoms. The van der Waals surface area contributed by atoms with E-state index in [1.807, 2.05) is 0 Å². The van der Waals surface area contributed by atoms with Crippen LogP contribution < -0.4 is 0 Å². The van der Waals surface area contributed by atoms with E-state index < -0.39 is 29.2 Å². The second-order valence-corrected chi connectivity index (χ2v) is 4.59. The maximum atomic E-state index is 12.3. The first kappa shape index (κ1) is 15.9. The third-order valence-corrected chi connectivity index (χ3v) is 1.80. The van der Waals surface area contributed by atoms with Gasteiger partial charge in [-0.05, 0) is 13.8 Å². The van der Waals surface area contributed by atoms with E-state index in [1.54, 1.807) is 0 Å². The lowest BCUT2D eigenvalue weighted by Gasteiger charge is -2.22. The van der Waals surface area contributed by atoms with Gasteiger partial charge in [0.15, 0.2) is 6.61 Å². The molecule has 0 heterocycles. The first-order valence-corrected chi connectivity index (χ1v) is 5.10. The summed E-state index contributed by atoms with van der Waals surface area (Å²) >= 11 is 2.92. The Kier molecular flexibility index (Phi) is 5.60. The molecular formula is C10H14F2O4S. The Morgan fingerprint density at radius 3 is 2.24 bits per heavy atom. The van der Waals surface area contributed by atoms with Crippen molar-refractivity contribution in [2.45, 2.75) is 19.1 Å². The molecule has 0 aromatic rings. The Bertz CT molecular complexity index is 310. The van der Waals surface area contributed by atoms with Crippen LogP contribution in [0.1, 0.15) is 13.8 Å². The number of carbonyl (C=O) groups is 2. The number of esters is 2. The number of rotatable bonds is 6. The molecule has 0 aliphatic rings. The molecule has 7 heteroatoms. The summed E-state index contributed by atoms with van der Waals surface area (Å²) in [5, 5.41) is -3.39. The monoisotopic (exact) mass is 268 g/mol. The maximum Gasteiger partial charge on any atom is 0.330 e. The first-order valence-electron chi connectivity index (χ1n) is 4.65. The summed E-state index contributed by atoms with van der Waals surface area (Å²) in [6, 6.07) is 0. The Morgan fingerprint density at radius 2 is 1.82 bits per heavy atom. The van der Waals surface area contributed by atoms with Gasteiger partial charge in [-0.1, -0.05) is 6.58 Å². The molecular weight excluding hydrogens is 254 g/mol. The summed E-state index contributed by atoms with van der Waals surface area (Å²) < 4.78 is 33.7. The molecule has 0 aliphatic carbocycles. The highest BCUT2D eigenvalue weighted by Gasteiger charge is 2.34. The third-order valence-electron chi connectivity index (χ3n) is 1.67. The van der Waals surface area contributed by atoms with Crippen LogP contribution in [-0.4, -0.2) is 30.4 Å². The minimum absolute atomic E-state index is 0.283. The van der Waals surface area contributed by atoms with Crippen LogP contribution in [0.15, 0.2) is 12.7 Å². The molecule has 0 bridgehead atoms. The number of carbonyl (C=O) groups excluding carboxylic acids is 2. The Balaban J connectivity index is 4.25. The van der Waals surface area contributed by atoms with Crippen molar-refractivity contribution < 1.29 is 27.8 Å². The second-order valence-electron chi connectivity index (χ2n) is 3.94. The summed E-state index contributed by atoms with van der Waals surface area (Å²) in [4.78, 5) is 22.2. The van der Waals surface area contributed by atoms with Crippen LogP contribution in [0.2, 0.25) is 0 Å². The fraction of sp³-hybridized carbons (Fsp3) is 0.600. The zero-order valence-electron chi connectivity index (χ0n) is 9.53. The van der Waals surface area contributed by atoms with Gasteiger partial charge in [0, 0.05) is 6.08 Å². The number of hydrogen-bond donors (Lipinski definition) is 1. The molecule has 0 amide bonds. The molecule has 0 rings (SSSR count). The van der Waals surface area contributed by atoms with Crippen molar-refractivity contribution in [1.82, 2.24) is 0 Å². The lowest BCUT2D eigenvalue weighted by molar-refractivity contribution is -0.164. The normalized spacial score (nSPS) is 11.8. The van der Waals surface area contributed by atoms with Gasteiger partial charge < -0.3 is 9.47 Å². The van der Waals surface area contributed by atoms with Crippen LogP contribution in [0.4, 0.5) is 8.78 Å². The largest absolute Gasteiger partial charge is 0.461 e. The van der Waals surface area contributed by atoms with E-state index in [2.05, 4.69) is 28.7 Å². The van der Waals surface area contributed by atoms with E-state index in [1.165, 1.54) is 13.8 Å². The molecule has 0 aromatic heterocycles. The predicted octanol–water partition coefficient (Wildman–Crippen LogP) is 1.81. The van der Waals surface area contributed by atoms with Gasteiger partial charge >= 0.3 is 17.2 Å². The standard InChI is InChI=1S/C10H14F2O4S/c1-4-7(13)15-5-9(2,3)8(14)16-6-10(11,12)17/h4,17H,1,5-6H2,2-3H3. The van der Waals surface area contributed by atoms with E-state index in [0.717, 1.165) is 6.08 Å². The number of ether oxygens (including phenoxy) is 2. The van der Waals surface area contributed by atoms with Gasteiger partial charge in [-0.25, -0.2) is 4.79 Å². The van der Waals surface area contributed by atoms with Crippen molar-refractivity contribution in [2.24, 2.45) is 5.41 Å². The van der Waals surface area contributed by atoms with Gasteiger partial charge in [0.2, 0.25) is 0 Å². The Labute approximate surface area is 103 Å². The molecule has 4 nitrogen and oxygen atoms in total. The van der Waals surface area contributed by atoms with Crippen molar-refractivity contribution >= 4 is 24.6 Å². The fourth-order valence-electron chi connectivity index (χ4n) is 0.717. The topological polar surface area (TPSA) is 52.6 Å². The molecule has 17 heavy (non-hydrogen) atoms. The molecule has 98 valence electrons. The van der Waals surface area contributed by atoms with Gasteiger partial charge in [0.1, 0.15) is 6.61 Å². The smallest absolute Gasteiger partial charge is 0.330 e. The van der Waals surface area contributed by atoms with Crippen LogP contribution in [-0.2, 0) is 19.1 Å². The molecule has 0 atom stereocenters. The van der Waals surface area contributed by atoms with Crippen LogP contribution in [0, 0.1) is 5.41 Å². The van der Waals surface area contributed by atoms with Crippen LogP contribution in [0.5, 0.6) is 0 Å². The van der Waals surface area contributed by atoms with Crippen molar-refractivity contribution in [3.05, 3.63) is 12.7 Å². The molecule has 0 radical (unpaired) electrons. The average molecular weight is 268 g/mol. The minimum atomic E-state index is -3.39. The Hall–Kier alpha value is -1.11. The van der Waals surface area contributed by atoms with Crippen LogP contribution >= 0.6 is 12.6 Å². The highest BCUT2D eigenvalue weighted by Crippen LogP contribution is 2.22. The van der Waals surface area contributed by atoms with E-state index in [4.69, 9.17) is 0 Å². The fourth-order valence-corrected chi connectivity index (χ4v) is 0.782. The number of thiol groups is 1. The number of hydrogen-bond acceptors (Lipinski definition) is 5. The molecule has 0 unspecified atom stereocenters. The van der Waals surface area contributed by atoms with E-state index in [9.17, 15) is 18.4 Å². The van der Waals surface area contributed by atoms with Gasteiger partial charge in [-0.15, -0.1) is 12.6 Å². The highest BCUT2D eigenvalue weighted by atomic mass is 32.1. The van der Waals surface area contributed by atoms with E-state index in [-0.39, 0.29) is 6.61 Å². The van der Waals surface area contributed by atoms with Crippen LogP contribution in [0.25, 0.3) is 0 Å². The van der Waals surface area contributed by atoms with E-state index >= 15 is 0 Å². The van der Waals surface area contributed by atoms with Crippen molar-refractivity contribution in [1.29, 1.82) is 0 Å². The quantitative estimate of drug-likeness (QED) is 0.453. The zero-order valence-corrected chi connectivity index (χ0v) is 10.4. The summed E-state index contributed by atoms with van der Waals surface area (Å²) in [6.07, 6.45) is 0.934. The van der Waals surface area contributed by atoms with Gasteiger partial charge in [-0.2, -0.15) is 8.78 Å². The van der Waals surface area contributed by atoms with Gasteiger partial charge in [0.25, 0.3) is 0 Å². The number of alkyl halides is 2. The van der Waals surface area contributed by atoms with Crippen molar-refractivity contribution in [3.8, 4) is 0 Å². The molecule has 0 saturated carbocycles. The summed E-state index contributed by atoms with van der Waals surface area (Å²) in [6.45, 7) is 4.57. The molecule has 0 N–H and O–H groups in total. The highest BCUT2D eigenvalue weighted by molar-refractivity contribution is 7.81. The molecule has 0 fully saturated rings. The molecule has 0 aliphatic heterocycles. The molecule has 0 saturated heterocycles. The summed E-state index contributed by atoms with van der Waals surface area (Å²) in [5.74, 6) is -1.60. The maximum absolute atomic E-state index is 12.3. The van der Waals surface area contributed by atoms with Gasteiger partial charge in [-0.3, -0.25) is 4.79 Å². The first-order chi connectivity index (χ1) is 7.58. The second kappa shape index (κ2) is 6.00. The summed E-state index contributed by atoms with van der Waals surface area (Å²) in [7, 11) is 0.